The van der Waals surface area contributed by atoms with E-state index in [2.05, 4.69) is 5.16 Å². The summed E-state index contributed by atoms with van der Waals surface area (Å²) < 4.78 is 44.2. The van der Waals surface area contributed by atoms with Crippen molar-refractivity contribution in [2.45, 2.75) is 26.1 Å². The predicted octanol–water partition coefficient (Wildman–Crippen LogP) is 3.20. The molecule has 3 rings (SSSR count). The van der Waals surface area contributed by atoms with Gasteiger partial charge in [-0.15, -0.1) is 0 Å². The highest BCUT2D eigenvalue weighted by molar-refractivity contribution is 5.96. The number of fused-ring (bicyclic) bond motifs is 1. The maximum absolute atomic E-state index is 13.0. The Morgan fingerprint density at radius 1 is 1.32 bits per heavy atom. The summed E-state index contributed by atoms with van der Waals surface area (Å²) in [5.74, 6) is -0.103. The molecule has 2 aromatic rings. The van der Waals surface area contributed by atoms with Crippen LogP contribution < -0.4 is 0 Å². The predicted molar refractivity (Wildman–Crippen MR) is 71.1 cm³/mol. The van der Waals surface area contributed by atoms with Crippen molar-refractivity contribution in [1.82, 2.24) is 10.1 Å². The zero-order valence-electron chi connectivity index (χ0n) is 11.8. The van der Waals surface area contributed by atoms with Gasteiger partial charge in [-0.25, -0.2) is 0 Å². The minimum atomic E-state index is -4.56. The van der Waals surface area contributed by atoms with Gasteiger partial charge in [0.15, 0.2) is 5.76 Å². The van der Waals surface area contributed by atoms with Crippen LogP contribution in [0.25, 0.3) is 0 Å². The molecule has 0 unspecified atom stereocenters. The fourth-order valence-electron chi connectivity index (χ4n) is 2.64. The fraction of sp³-hybridized carbons (Fsp3) is 0.333. The Kier molecular flexibility index (Phi) is 3.42. The van der Waals surface area contributed by atoms with Gasteiger partial charge in [0.25, 0.3) is 5.91 Å². The second kappa shape index (κ2) is 5.15. The smallest absolute Gasteiger partial charge is 0.359 e. The number of hydrogen-bond donors (Lipinski definition) is 0. The molecular formula is C15H13F3N2O2. The number of benzene rings is 1. The lowest BCUT2D eigenvalue weighted by atomic mass is 10.0. The molecule has 4 nitrogen and oxygen atoms in total. The highest BCUT2D eigenvalue weighted by Gasteiger charge is 2.36. The summed E-state index contributed by atoms with van der Waals surface area (Å²) in [5.41, 5.74) is 0.445. The van der Waals surface area contributed by atoms with Gasteiger partial charge in [0, 0.05) is 12.1 Å². The molecular weight excluding hydrogens is 297 g/mol. The Morgan fingerprint density at radius 2 is 2.05 bits per heavy atom. The Hall–Kier alpha value is -2.31. The minimum Gasteiger partial charge on any atom is -0.359 e. The quantitative estimate of drug-likeness (QED) is 0.812. The first-order valence-electron chi connectivity index (χ1n) is 6.77. The second-order valence-corrected chi connectivity index (χ2v) is 5.19. The Labute approximate surface area is 124 Å². The summed E-state index contributed by atoms with van der Waals surface area (Å²) in [6.45, 7) is 2.29. The first-order chi connectivity index (χ1) is 10.4. The average molecular weight is 310 g/mol. The largest absolute Gasteiger partial charge is 0.417 e. The normalized spacial score (nSPS) is 14.8. The van der Waals surface area contributed by atoms with Gasteiger partial charge in [0.1, 0.15) is 0 Å². The molecule has 1 aromatic carbocycles. The molecule has 2 heterocycles. The van der Waals surface area contributed by atoms with Crippen LogP contribution in [0.15, 0.2) is 28.8 Å². The van der Waals surface area contributed by atoms with Gasteiger partial charge in [-0.3, -0.25) is 4.79 Å². The number of hydrogen-bond acceptors (Lipinski definition) is 3. The molecule has 1 amide bonds. The van der Waals surface area contributed by atoms with E-state index in [4.69, 9.17) is 4.52 Å². The number of aromatic nitrogens is 1. The maximum Gasteiger partial charge on any atom is 0.417 e. The van der Waals surface area contributed by atoms with Crippen LogP contribution in [0.3, 0.4) is 0 Å². The summed E-state index contributed by atoms with van der Waals surface area (Å²) in [6, 6.07) is 4.82. The van der Waals surface area contributed by atoms with Crippen molar-refractivity contribution in [3.05, 3.63) is 52.4 Å². The Morgan fingerprint density at radius 3 is 2.77 bits per heavy atom. The number of rotatable bonds is 1. The molecule has 1 aromatic heterocycles. The van der Waals surface area contributed by atoms with Crippen molar-refractivity contribution in [2.24, 2.45) is 0 Å². The third-order valence-corrected chi connectivity index (χ3v) is 3.78. The fourth-order valence-corrected chi connectivity index (χ4v) is 2.64. The van der Waals surface area contributed by atoms with Crippen molar-refractivity contribution >= 4 is 5.91 Å². The second-order valence-electron chi connectivity index (χ2n) is 5.19. The van der Waals surface area contributed by atoms with Crippen molar-refractivity contribution < 1.29 is 22.5 Å². The summed E-state index contributed by atoms with van der Waals surface area (Å²) in [5, 5.41) is 3.83. The zero-order valence-corrected chi connectivity index (χ0v) is 11.8. The molecule has 7 heteroatoms. The highest BCUT2D eigenvalue weighted by Crippen LogP contribution is 2.33. The lowest BCUT2D eigenvalue weighted by Crippen LogP contribution is -2.36. The van der Waals surface area contributed by atoms with Crippen LogP contribution in [0.2, 0.25) is 0 Å². The van der Waals surface area contributed by atoms with Gasteiger partial charge in [-0.1, -0.05) is 17.3 Å². The monoisotopic (exact) mass is 310 g/mol. The number of aryl methyl sites for hydroxylation is 1. The average Bonchev–Trinajstić information content (AvgIpc) is 2.86. The van der Waals surface area contributed by atoms with Crippen LogP contribution in [0.5, 0.6) is 0 Å². The molecule has 1 aliphatic rings. The van der Waals surface area contributed by atoms with Crippen LogP contribution >= 0.6 is 0 Å². The lowest BCUT2D eigenvalue weighted by molar-refractivity contribution is -0.138. The summed E-state index contributed by atoms with van der Waals surface area (Å²) >= 11 is 0. The van der Waals surface area contributed by atoms with Gasteiger partial charge in [0.05, 0.1) is 23.4 Å². The maximum atomic E-state index is 13.0. The summed E-state index contributed by atoms with van der Waals surface area (Å²) in [6.07, 6.45) is -4.03. The molecule has 0 spiro atoms. The first-order valence-corrected chi connectivity index (χ1v) is 6.77. The number of alkyl halides is 3. The first kappa shape index (κ1) is 14.6. The summed E-state index contributed by atoms with van der Waals surface area (Å²) in [4.78, 5) is 13.8. The van der Waals surface area contributed by atoms with Crippen LogP contribution in [0.4, 0.5) is 13.2 Å². The molecule has 1 aliphatic heterocycles. The number of nitrogens with zero attached hydrogens (tertiary/aromatic N) is 2. The van der Waals surface area contributed by atoms with Crippen molar-refractivity contribution in [3.63, 3.8) is 0 Å². The van der Waals surface area contributed by atoms with Gasteiger partial charge in [-0.2, -0.15) is 13.2 Å². The van der Waals surface area contributed by atoms with Crippen molar-refractivity contribution in [2.75, 3.05) is 6.54 Å². The van der Waals surface area contributed by atoms with Crippen molar-refractivity contribution in [1.29, 1.82) is 0 Å². The lowest BCUT2D eigenvalue weighted by Gasteiger charge is -2.26. The molecule has 0 fully saturated rings. The van der Waals surface area contributed by atoms with Gasteiger partial charge in [0.2, 0.25) is 0 Å². The standard InChI is InChI=1S/C15H13F3N2O2/c1-9-10-6-7-20(8-13(10)22-19-9)14(21)11-4-2-3-5-12(11)15(16,17)18/h2-5H,6-8H2,1H3. The number of carbonyl (C=O) groups excluding carboxylic acids is 1. The number of halogens is 3. The van der Waals surface area contributed by atoms with E-state index in [1.54, 1.807) is 6.92 Å². The molecule has 0 N–H and O–H groups in total. The van der Waals surface area contributed by atoms with E-state index in [0.717, 1.165) is 17.3 Å². The number of amides is 1. The molecule has 116 valence electrons. The van der Waals surface area contributed by atoms with Crippen LogP contribution in [0.1, 0.15) is 32.9 Å². The SMILES string of the molecule is Cc1noc2c1CCN(C(=O)c1ccccc1C(F)(F)F)C2. The van der Waals surface area contributed by atoms with E-state index >= 15 is 0 Å². The molecule has 0 radical (unpaired) electrons. The van der Waals surface area contributed by atoms with Gasteiger partial charge >= 0.3 is 6.18 Å². The molecule has 0 saturated heterocycles. The summed E-state index contributed by atoms with van der Waals surface area (Å²) in [7, 11) is 0. The van der Waals surface area contributed by atoms with Crippen molar-refractivity contribution in [3.8, 4) is 0 Å². The van der Waals surface area contributed by atoms with E-state index in [1.807, 2.05) is 0 Å². The third-order valence-electron chi connectivity index (χ3n) is 3.78. The van der Waals surface area contributed by atoms with E-state index < -0.39 is 17.6 Å². The highest BCUT2D eigenvalue weighted by atomic mass is 19.4. The van der Waals surface area contributed by atoms with Gasteiger partial charge in [-0.05, 0) is 25.5 Å². The molecule has 0 aliphatic carbocycles. The Balaban J connectivity index is 1.90. The topological polar surface area (TPSA) is 46.3 Å². The molecule has 22 heavy (non-hydrogen) atoms. The van der Waals surface area contributed by atoms with Crippen LogP contribution in [-0.2, 0) is 19.1 Å². The van der Waals surface area contributed by atoms with E-state index in [-0.39, 0.29) is 12.1 Å². The van der Waals surface area contributed by atoms with E-state index in [1.165, 1.54) is 23.1 Å². The van der Waals surface area contributed by atoms with Crippen LogP contribution in [0, 0.1) is 6.92 Å². The molecule has 0 atom stereocenters. The number of carbonyl (C=O) groups is 1. The van der Waals surface area contributed by atoms with Gasteiger partial charge < -0.3 is 9.42 Å². The minimum absolute atomic E-state index is 0.140. The Bertz CT molecular complexity index is 722. The zero-order chi connectivity index (χ0) is 15.9. The van der Waals surface area contributed by atoms with Crippen LogP contribution in [-0.4, -0.2) is 22.5 Å². The van der Waals surface area contributed by atoms with E-state index in [0.29, 0.717) is 18.7 Å². The molecule has 0 bridgehead atoms. The molecule has 0 saturated carbocycles. The third kappa shape index (κ3) is 2.47. The van der Waals surface area contributed by atoms with E-state index in [9.17, 15) is 18.0 Å².